The number of nitrogens with zero attached hydrogens (tertiary/aromatic N) is 2. The van der Waals surface area contributed by atoms with Gasteiger partial charge >= 0.3 is 0 Å². The summed E-state index contributed by atoms with van der Waals surface area (Å²) >= 11 is 0. The molecule has 2 aliphatic carbocycles. The van der Waals surface area contributed by atoms with Crippen LogP contribution in [0.1, 0.15) is 73.1 Å². The van der Waals surface area contributed by atoms with E-state index in [-0.39, 0.29) is 6.17 Å². The average molecular weight is 430 g/mol. The van der Waals surface area contributed by atoms with Crippen molar-refractivity contribution in [2.45, 2.75) is 91.5 Å². The molecular formula is C26H47N5. The summed E-state index contributed by atoms with van der Waals surface area (Å²) in [7, 11) is 2.19. The molecule has 3 fully saturated rings. The Balaban J connectivity index is 1.41. The Morgan fingerprint density at radius 1 is 1.23 bits per heavy atom. The SMILES string of the molecule is CC(=CCN1CN(C)C2NCNC(N)C21)CCC1(C)C2=CCCC(C)C2(C)CCC1C. The molecule has 4 N–H and O–H groups in total. The maximum absolute atomic E-state index is 6.41. The van der Waals surface area contributed by atoms with Crippen molar-refractivity contribution in [3.63, 3.8) is 0 Å². The van der Waals surface area contributed by atoms with Gasteiger partial charge in [0.1, 0.15) is 0 Å². The summed E-state index contributed by atoms with van der Waals surface area (Å²) < 4.78 is 0. The van der Waals surface area contributed by atoms with E-state index in [2.05, 4.69) is 74.3 Å². The summed E-state index contributed by atoms with van der Waals surface area (Å²) in [5, 5.41) is 6.93. The Kier molecular flexibility index (Phi) is 6.73. The first-order valence-electron chi connectivity index (χ1n) is 12.7. The summed E-state index contributed by atoms with van der Waals surface area (Å²) in [6, 6.07) is 0.327. The molecule has 7 unspecified atom stereocenters. The highest BCUT2D eigenvalue weighted by molar-refractivity contribution is 5.29. The highest BCUT2D eigenvalue weighted by Gasteiger charge is 2.50. The third kappa shape index (κ3) is 4.17. The maximum Gasteiger partial charge on any atom is 0.0804 e. The van der Waals surface area contributed by atoms with Crippen LogP contribution in [0, 0.1) is 22.7 Å². The van der Waals surface area contributed by atoms with Gasteiger partial charge in [-0.15, -0.1) is 0 Å². The van der Waals surface area contributed by atoms with E-state index in [1.165, 1.54) is 44.1 Å². The molecular weight excluding hydrogens is 382 g/mol. The number of nitrogens with two attached hydrogens (primary N) is 1. The third-order valence-corrected chi connectivity index (χ3v) is 9.81. The second-order valence-electron chi connectivity index (χ2n) is 11.6. The summed E-state index contributed by atoms with van der Waals surface area (Å²) in [5.74, 6) is 1.59. The number of rotatable bonds is 5. The van der Waals surface area contributed by atoms with E-state index in [4.69, 9.17) is 5.73 Å². The van der Waals surface area contributed by atoms with Gasteiger partial charge in [-0.25, -0.2) is 0 Å². The molecule has 0 aromatic carbocycles. The molecule has 0 amide bonds. The normalized spacial score (nSPS) is 44.7. The van der Waals surface area contributed by atoms with Gasteiger partial charge in [0.25, 0.3) is 0 Å². The van der Waals surface area contributed by atoms with Gasteiger partial charge in [0, 0.05) is 13.2 Å². The number of fused-ring (bicyclic) bond motifs is 2. The molecule has 2 saturated heterocycles. The van der Waals surface area contributed by atoms with E-state index in [9.17, 15) is 0 Å². The molecule has 5 nitrogen and oxygen atoms in total. The molecule has 0 aromatic rings. The molecule has 4 aliphatic rings. The van der Waals surface area contributed by atoms with Crippen molar-refractivity contribution in [1.82, 2.24) is 20.4 Å². The molecule has 1 saturated carbocycles. The largest absolute Gasteiger partial charge is 0.314 e. The van der Waals surface area contributed by atoms with Crippen molar-refractivity contribution in [2.24, 2.45) is 28.4 Å². The standard InChI is InChI=1S/C26H47N5/c1-18(12-15-31-17-30(6)24-22(31)23(27)28-16-29-24)10-13-25(4)20(3)11-14-26(5)19(2)8-7-9-21(25)26/h9,12,19-20,22-24,28-29H,7-8,10-11,13-17,27H2,1-6H3. The molecule has 4 rings (SSSR count). The lowest BCUT2D eigenvalue weighted by Gasteiger charge is -2.56. The second-order valence-corrected chi connectivity index (χ2v) is 11.6. The Morgan fingerprint density at radius 3 is 2.77 bits per heavy atom. The van der Waals surface area contributed by atoms with Gasteiger partial charge in [0.15, 0.2) is 0 Å². The molecule has 0 spiro atoms. The van der Waals surface area contributed by atoms with E-state index in [1.807, 2.05) is 0 Å². The van der Waals surface area contributed by atoms with Crippen molar-refractivity contribution < 1.29 is 0 Å². The lowest BCUT2D eigenvalue weighted by molar-refractivity contribution is 0.0617. The summed E-state index contributed by atoms with van der Waals surface area (Å²) in [6.45, 7) is 15.2. The predicted molar refractivity (Wildman–Crippen MR) is 130 cm³/mol. The minimum atomic E-state index is 0.0322. The Hall–Kier alpha value is -0.720. The monoisotopic (exact) mass is 429 g/mol. The van der Waals surface area contributed by atoms with Crippen molar-refractivity contribution in [1.29, 1.82) is 0 Å². The smallest absolute Gasteiger partial charge is 0.0804 e. The average Bonchev–Trinajstić information content (AvgIpc) is 3.07. The van der Waals surface area contributed by atoms with E-state index in [0.717, 1.165) is 31.7 Å². The Morgan fingerprint density at radius 2 is 2.00 bits per heavy atom. The molecule has 176 valence electrons. The van der Waals surface area contributed by atoms with Crippen molar-refractivity contribution in [3.8, 4) is 0 Å². The van der Waals surface area contributed by atoms with Crippen LogP contribution >= 0.6 is 0 Å². The van der Waals surface area contributed by atoms with Gasteiger partial charge in [0.05, 0.1) is 25.0 Å². The van der Waals surface area contributed by atoms with Gasteiger partial charge in [0.2, 0.25) is 0 Å². The van der Waals surface area contributed by atoms with Gasteiger partial charge in [-0.1, -0.05) is 51.0 Å². The molecule has 5 heteroatoms. The topological polar surface area (TPSA) is 56.6 Å². The number of hydrogen-bond acceptors (Lipinski definition) is 5. The summed E-state index contributed by atoms with van der Waals surface area (Å²) in [6.07, 6.45) is 13.3. The number of nitrogens with one attached hydrogen (secondary N) is 2. The van der Waals surface area contributed by atoms with Crippen LogP contribution in [0.25, 0.3) is 0 Å². The minimum Gasteiger partial charge on any atom is -0.314 e. The van der Waals surface area contributed by atoms with Crippen molar-refractivity contribution in [2.75, 3.05) is 26.9 Å². The van der Waals surface area contributed by atoms with Crippen LogP contribution in [0.15, 0.2) is 23.3 Å². The maximum atomic E-state index is 6.41. The lowest BCUT2D eigenvalue weighted by atomic mass is 9.49. The quantitative estimate of drug-likeness (QED) is 0.580. The molecule has 7 atom stereocenters. The van der Waals surface area contributed by atoms with Gasteiger partial charge in [-0.2, -0.15) is 0 Å². The fraction of sp³-hybridized carbons (Fsp3) is 0.846. The highest BCUT2D eigenvalue weighted by Crippen LogP contribution is 2.61. The Bertz CT molecular complexity index is 717. The first-order valence-corrected chi connectivity index (χ1v) is 12.7. The van der Waals surface area contributed by atoms with E-state index < -0.39 is 0 Å². The van der Waals surface area contributed by atoms with Crippen LogP contribution in [0.2, 0.25) is 0 Å². The number of hydrogen-bond donors (Lipinski definition) is 3. The predicted octanol–water partition coefficient (Wildman–Crippen LogP) is 3.85. The highest BCUT2D eigenvalue weighted by atomic mass is 15.5. The van der Waals surface area contributed by atoms with E-state index in [0.29, 0.717) is 23.0 Å². The van der Waals surface area contributed by atoms with E-state index >= 15 is 0 Å². The van der Waals surface area contributed by atoms with Crippen LogP contribution in [0.5, 0.6) is 0 Å². The molecule has 2 heterocycles. The zero-order valence-corrected chi connectivity index (χ0v) is 20.9. The number of likely N-dealkylation sites (N-methyl/N-ethyl adjacent to an activating group) is 1. The lowest BCUT2D eigenvalue weighted by Crippen LogP contribution is -2.67. The first kappa shape index (κ1) is 23.4. The summed E-state index contributed by atoms with van der Waals surface area (Å²) in [5.41, 5.74) is 10.5. The van der Waals surface area contributed by atoms with Crippen LogP contribution in [-0.4, -0.2) is 55.1 Å². The molecule has 2 aliphatic heterocycles. The van der Waals surface area contributed by atoms with Crippen LogP contribution < -0.4 is 16.4 Å². The third-order valence-electron chi connectivity index (χ3n) is 9.81. The van der Waals surface area contributed by atoms with Gasteiger partial charge in [-0.05, 0) is 75.2 Å². The zero-order chi connectivity index (χ0) is 22.4. The summed E-state index contributed by atoms with van der Waals surface area (Å²) in [4.78, 5) is 4.90. The van der Waals surface area contributed by atoms with Crippen molar-refractivity contribution >= 4 is 0 Å². The van der Waals surface area contributed by atoms with Crippen molar-refractivity contribution in [3.05, 3.63) is 23.3 Å². The van der Waals surface area contributed by atoms with E-state index in [1.54, 1.807) is 5.57 Å². The molecule has 0 bridgehead atoms. The zero-order valence-electron chi connectivity index (χ0n) is 20.9. The molecule has 0 aromatic heterocycles. The Labute approximate surface area is 190 Å². The minimum absolute atomic E-state index is 0.0322. The molecule has 31 heavy (non-hydrogen) atoms. The molecule has 0 radical (unpaired) electrons. The fourth-order valence-corrected chi connectivity index (χ4v) is 7.09. The number of allylic oxidation sites excluding steroid dienone is 3. The van der Waals surface area contributed by atoms with Crippen LogP contribution in [0.3, 0.4) is 0 Å². The van der Waals surface area contributed by atoms with Crippen LogP contribution in [0.4, 0.5) is 0 Å². The van der Waals surface area contributed by atoms with Crippen LogP contribution in [-0.2, 0) is 0 Å². The van der Waals surface area contributed by atoms with Gasteiger partial charge in [-0.3, -0.25) is 20.4 Å². The first-order chi connectivity index (χ1) is 14.7. The van der Waals surface area contributed by atoms with Gasteiger partial charge < -0.3 is 5.73 Å². The fourth-order valence-electron chi connectivity index (χ4n) is 7.09. The second kappa shape index (κ2) is 8.90.